The Morgan fingerprint density at radius 1 is 1.19 bits per heavy atom. The molecule has 0 atom stereocenters. The molecule has 2 heterocycles. The number of thiophene rings is 1. The largest absolute Gasteiger partial charge is 0.497 e. The van der Waals surface area contributed by atoms with Crippen LogP contribution in [0, 0.1) is 0 Å². The molecule has 7 nitrogen and oxygen atoms in total. The zero-order chi connectivity index (χ0) is 19.6. The second-order valence-corrected chi connectivity index (χ2v) is 8.66. The van der Waals surface area contributed by atoms with E-state index in [0.717, 1.165) is 4.88 Å². The summed E-state index contributed by atoms with van der Waals surface area (Å²) in [6, 6.07) is 8.64. The fraction of sp³-hybridized carbons (Fsp3) is 0.278. The minimum Gasteiger partial charge on any atom is -0.497 e. The minimum atomic E-state index is -3.88. The molecule has 0 radical (unpaired) electrons. The maximum absolute atomic E-state index is 13.1. The van der Waals surface area contributed by atoms with Crippen molar-refractivity contribution in [1.29, 1.82) is 0 Å². The Morgan fingerprint density at radius 2 is 1.96 bits per heavy atom. The van der Waals surface area contributed by atoms with Gasteiger partial charge in [-0.15, -0.1) is 11.3 Å². The SMILES string of the molecule is COc1ccc(NS(=O)(=O)c2cn(C(C)C)nc2-c2cccs2)c(OC)c1. The molecule has 3 aromatic rings. The number of hydrogen-bond acceptors (Lipinski definition) is 6. The van der Waals surface area contributed by atoms with Crippen LogP contribution < -0.4 is 14.2 Å². The van der Waals surface area contributed by atoms with Gasteiger partial charge in [0.2, 0.25) is 0 Å². The number of sulfonamides is 1. The van der Waals surface area contributed by atoms with Gasteiger partial charge in [0, 0.05) is 18.3 Å². The Bertz CT molecular complexity index is 1030. The molecular weight excluding hydrogens is 386 g/mol. The number of methoxy groups -OCH3 is 2. The van der Waals surface area contributed by atoms with Gasteiger partial charge in [-0.25, -0.2) is 8.42 Å². The summed E-state index contributed by atoms with van der Waals surface area (Å²) in [7, 11) is -0.876. The van der Waals surface area contributed by atoms with Crippen LogP contribution in [0.2, 0.25) is 0 Å². The van der Waals surface area contributed by atoms with Crippen LogP contribution >= 0.6 is 11.3 Å². The molecule has 3 rings (SSSR count). The van der Waals surface area contributed by atoms with Gasteiger partial charge in [0.05, 0.1) is 24.8 Å². The Kier molecular flexibility index (Phi) is 5.43. The van der Waals surface area contributed by atoms with Gasteiger partial charge >= 0.3 is 0 Å². The van der Waals surface area contributed by atoms with E-state index in [9.17, 15) is 8.42 Å². The molecule has 0 aliphatic carbocycles. The minimum absolute atomic E-state index is 0.0307. The van der Waals surface area contributed by atoms with Gasteiger partial charge in [0.15, 0.2) is 0 Å². The molecule has 0 saturated carbocycles. The van der Waals surface area contributed by atoms with Gasteiger partial charge in [-0.05, 0) is 37.4 Å². The van der Waals surface area contributed by atoms with Gasteiger partial charge in [0.25, 0.3) is 10.0 Å². The zero-order valence-corrected chi connectivity index (χ0v) is 17.1. The van der Waals surface area contributed by atoms with Crippen molar-refractivity contribution in [2.45, 2.75) is 24.8 Å². The summed E-state index contributed by atoms with van der Waals surface area (Å²) in [5, 5.41) is 6.38. The van der Waals surface area contributed by atoms with E-state index in [2.05, 4.69) is 9.82 Å². The summed E-state index contributed by atoms with van der Waals surface area (Å²) in [5.74, 6) is 0.938. The number of aromatic nitrogens is 2. The first-order valence-electron chi connectivity index (χ1n) is 8.23. The van der Waals surface area contributed by atoms with Gasteiger partial charge in [-0.1, -0.05) is 6.07 Å². The lowest BCUT2D eigenvalue weighted by Gasteiger charge is -2.12. The normalized spacial score (nSPS) is 11.6. The van der Waals surface area contributed by atoms with Gasteiger partial charge < -0.3 is 9.47 Å². The molecule has 0 saturated heterocycles. The third kappa shape index (κ3) is 3.93. The fourth-order valence-corrected chi connectivity index (χ4v) is 4.51. The molecule has 9 heteroatoms. The highest BCUT2D eigenvalue weighted by Crippen LogP contribution is 2.34. The van der Waals surface area contributed by atoms with Crippen molar-refractivity contribution in [3.63, 3.8) is 0 Å². The standard InChI is InChI=1S/C18H21N3O4S2/c1-12(2)21-11-17(18(19-21)16-6-5-9-26-16)27(22,23)20-14-8-7-13(24-3)10-15(14)25-4/h5-12,20H,1-4H3. The topological polar surface area (TPSA) is 82.5 Å². The third-order valence-electron chi connectivity index (χ3n) is 3.92. The van der Waals surface area contributed by atoms with Crippen LogP contribution in [-0.2, 0) is 10.0 Å². The average Bonchev–Trinajstić information content (AvgIpc) is 3.31. The molecule has 144 valence electrons. The van der Waals surface area contributed by atoms with E-state index in [-0.39, 0.29) is 10.9 Å². The molecule has 0 unspecified atom stereocenters. The summed E-state index contributed by atoms with van der Waals surface area (Å²) in [5.41, 5.74) is 0.756. The summed E-state index contributed by atoms with van der Waals surface area (Å²) >= 11 is 1.44. The number of anilines is 1. The van der Waals surface area contributed by atoms with Crippen LogP contribution in [0.25, 0.3) is 10.6 Å². The number of hydrogen-bond donors (Lipinski definition) is 1. The van der Waals surface area contributed by atoms with Crippen molar-refractivity contribution in [3.8, 4) is 22.1 Å². The van der Waals surface area contributed by atoms with Crippen molar-refractivity contribution >= 4 is 27.0 Å². The molecule has 2 aromatic heterocycles. The van der Waals surface area contributed by atoms with Crippen LogP contribution in [-0.4, -0.2) is 32.4 Å². The van der Waals surface area contributed by atoms with E-state index in [0.29, 0.717) is 22.9 Å². The van der Waals surface area contributed by atoms with E-state index in [1.165, 1.54) is 25.6 Å². The molecule has 1 N–H and O–H groups in total. The van der Waals surface area contributed by atoms with Gasteiger partial charge in [-0.3, -0.25) is 9.40 Å². The molecule has 0 bridgehead atoms. The van der Waals surface area contributed by atoms with Crippen LogP contribution in [0.5, 0.6) is 11.5 Å². The monoisotopic (exact) mass is 407 g/mol. The van der Waals surface area contributed by atoms with Gasteiger partial charge in [0.1, 0.15) is 22.1 Å². The molecule has 1 aromatic carbocycles. The first-order valence-corrected chi connectivity index (χ1v) is 10.6. The van der Waals surface area contributed by atoms with Crippen molar-refractivity contribution in [2.75, 3.05) is 18.9 Å². The fourth-order valence-electron chi connectivity index (χ4n) is 2.50. The Balaban J connectivity index is 2.05. The van der Waals surface area contributed by atoms with Crippen LogP contribution in [0.3, 0.4) is 0 Å². The predicted octanol–water partition coefficient (Wildman–Crippen LogP) is 4.01. The molecule has 0 aliphatic heterocycles. The Morgan fingerprint density at radius 3 is 2.56 bits per heavy atom. The number of rotatable bonds is 7. The van der Waals surface area contributed by atoms with Crippen LogP contribution in [0.1, 0.15) is 19.9 Å². The molecule has 0 fully saturated rings. The lowest BCUT2D eigenvalue weighted by molar-refractivity contribution is 0.395. The van der Waals surface area contributed by atoms with Crippen molar-refractivity contribution in [2.24, 2.45) is 0 Å². The smallest absolute Gasteiger partial charge is 0.265 e. The summed E-state index contributed by atoms with van der Waals surface area (Å²) in [6.07, 6.45) is 1.55. The lowest BCUT2D eigenvalue weighted by Crippen LogP contribution is -2.14. The highest BCUT2D eigenvalue weighted by molar-refractivity contribution is 7.92. The first kappa shape index (κ1) is 19.2. The average molecular weight is 408 g/mol. The maximum atomic E-state index is 13.1. The molecule has 0 amide bonds. The maximum Gasteiger partial charge on any atom is 0.265 e. The van der Waals surface area contributed by atoms with E-state index in [4.69, 9.17) is 9.47 Å². The lowest BCUT2D eigenvalue weighted by atomic mass is 10.3. The Hall–Kier alpha value is -2.52. The van der Waals surface area contributed by atoms with Crippen molar-refractivity contribution < 1.29 is 17.9 Å². The summed E-state index contributed by atoms with van der Waals surface area (Å²) < 4.78 is 41.0. The number of ether oxygens (including phenoxy) is 2. The number of nitrogens with one attached hydrogen (secondary N) is 1. The van der Waals surface area contributed by atoms with Crippen molar-refractivity contribution in [1.82, 2.24) is 9.78 Å². The van der Waals surface area contributed by atoms with Crippen LogP contribution in [0.4, 0.5) is 5.69 Å². The van der Waals surface area contributed by atoms with Crippen LogP contribution in [0.15, 0.2) is 46.8 Å². The molecule has 27 heavy (non-hydrogen) atoms. The highest BCUT2D eigenvalue weighted by Gasteiger charge is 2.26. The van der Waals surface area contributed by atoms with Crippen molar-refractivity contribution in [3.05, 3.63) is 41.9 Å². The number of nitrogens with zero attached hydrogens (tertiary/aromatic N) is 2. The summed E-state index contributed by atoms with van der Waals surface area (Å²) in [6.45, 7) is 3.89. The molecule has 0 aliphatic rings. The third-order valence-corrected chi connectivity index (χ3v) is 6.17. The first-order chi connectivity index (χ1) is 12.9. The van der Waals surface area contributed by atoms with E-state index >= 15 is 0 Å². The summed E-state index contributed by atoms with van der Waals surface area (Å²) in [4.78, 5) is 0.910. The number of benzene rings is 1. The Labute approximate surface area is 162 Å². The molecule has 0 spiro atoms. The van der Waals surface area contributed by atoms with Gasteiger partial charge in [-0.2, -0.15) is 5.10 Å². The predicted molar refractivity (Wildman–Crippen MR) is 106 cm³/mol. The van der Waals surface area contributed by atoms with E-state index in [1.54, 1.807) is 29.1 Å². The zero-order valence-electron chi connectivity index (χ0n) is 15.5. The quantitative estimate of drug-likeness (QED) is 0.640. The molecular formula is C18H21N3O4S2. The van der Waals surface area contributed by atoms with E-state index < -0.39 is 10.0 Å². The second kappa shape index (κ2) is 7.61. The second-order valence-electron chi connectivity index (χ2n) is 6.06. The van der Waals surface area contributed by atoms with E-state index in [1.807, 2.05) is 31.4 Å². The highest BCUT2D eigenvalue weighted by atomic mass is 32.2.